The molecule has 0 spiro atoms. The number of benzene rings is 2. The minimum absolute atomic E-state index is 0.251. The van der Waals surface area contributed by atoms with Crippen LogP contribution in [0.3, 0.4) is 0 Å². The summed E-state index contributed by atoms with van der Waals surface area (Å²) in [7, 11) is 0. The molecule has 0 atom stereocenters. The molecule has 0 aliphatic carbocycles. The van der Waals surface area contributed by atoms with Crippen molar-refractivity contribution in [2.45, 2.75) is 0 Å². The van der Waals surface area contributed by atoms with E-state index in [2.05, 4.69) is 15.9 Å². The van der Waals surface area contributed by atoms with E-state index >= 15 is 0 Å². The van der Waals surface area contributed by atoms with E-state index in [1.165, 1.54) is 0 Å². The van der Waals surface area contributed by atoms with Crippen LogP contribution in [0.4, 0.5) is 0 Å². The third kappa shape index (κ3) is 3.39. The van der Waals surface area contributed by atoms with Gasteiger partial charge in [0.2, 0.25) is 0 Å². The van der Waals surface area contributed by atoms with E-state index in [9.17, 15) is 0 Å². The Labute approximate surface area is 134 Å². The third-order valence-electron chi connectivity index (χ3n) is 2.35. The molecule has 2 N–H and O–H groups in total. The van der Waals surface area contributed by atoms with E-state index in [0.29, 0.717) is 27.1 Å². The number of rotatable bonds is 3. The van der Waals surface area contributed by atoms with E-state index in [-0.39, 0.29) is 4.99 Å². The highest BCUT2D eigenvalue weighted by atomic mass is 79.9. The predicted molar refractivity (Wildman–Crippen MR) is 86.6 cm³/mol. The SMILES string of the molecule is NC(=S)c1ccc(Br)cc1Oc1cccc(Cl)c1Cl. The van der Waals surface area contributed by atoms with Gasteiger partial charge in [-0.3, -0.25) is 0 Å². The molecular weight excluding hydrogens is 369 g/mol. The van der Waals surface area contributed by atoms with Crippen molar-refractivity contribution >= 4 is 56.3 Å². The second-order valence-electron chi connectivity index (χ2n) is 3.66. The first kappa shape index (κ1) is 14.6. The fourth-order valence-electron chi connectivity index (χ4n) is 1.47. The van der Waals surface area contributed by atoms with Crippen LogP contribution < -0.4 is 10.5 Å². The van der Waals surface area contributed by atoms with Crippen molar-refractivity contribution < 1.29 is 4.74 Å². The molecule has 0 saturated heterocycles. The predicted octanol–water partition coefficient (Wildman–Crippen LogP) is 5.18. The van der Waals surface area contributed by atoms with Crippen LogP contribution in [-0.4, -0.2) is 4.99 Å². The molecule has 2 rings (SSSR count). The highest BCUT2D eigenvalue weighted by Gasteiger charge is 2.11. The zero-order chi connectivity index (χ0) is 14.0. The minimum atomic E-state index is 0.251. The summed E-state index contributed by atoms with van der Waals surface area (Å²) in [4.78, 5) is 0.251. The van der Waals surface area contributed by atoms with Gasteiger partial charge < -0.3 is 10.5 Å². The molecule has 0 bridgehead atoms. The molecule has 0 aliphatic rings. The number of ether oxygens (including phenoxy) is 1. The summed E-state index contributed by atoms with van der Waals surface area (Å²) in [6.07, 6.45) is 0. The number of hydrogen-bond donors (Lipinski definition) is 1. The minimum Gasteiger partial charge on any atom is -0.455 e. The lowest BCUT2D eigenvalue weighted by Crippen LogP contribution is -2.10. The van der Waals surface area contributed by atoms with Gasteiger partial charge in [0, 0.05) is 4.47 Å². The van der Waals surface area contributed by atoms with Crippen LogP contribution in [0.15, 0.2) is 40.9 Å². The van der Waals surface area contributed by atoms with Crippen LogP contribution >= 0.6 is 51.3 Å². The van der Waals surface area contributed by atoms with Crippen molar-refractivity contribution in [2.75, 3.05) is 0 Å². The van der Waals surface area contributed by atoms with Crippen molar-refractivity contribution in [1.29, 1.82) is 0 Å². The Hall–Kier alpha value is -0.810. The van der Waals surface area contributed by atoms with E-state index in [4.69, 9.17) is 45.9 Å². The zero-order valence-electron chi connectivity index (χ0n) is 9.49. The fraction of sp³-hybridized carbons (Fsp3) is 0. The summed E-state index contributed by atoms with van der Waals surface area (Å²) in [6, 6.07) is 10.5. The van der Waals surface area contributed by atoms with E-state index < -0.39 is 0 Å². The van der Waals surface area contributed by atoms with Crippen LogP contribution in [0.2, 0.25) is 10.0 Å². The molecule has 2 aromatic rings. The normalized spacial score (nSPS) is 10.3. The Bertz CT molecular complexity index is 649. The largest absolute Gasteiger partial charge is 0.455 e. The molecule has 0 aliphatic heterocycles. The average molecular weight is 377 g/mol. The molecule has 0 heterocycles. The zero-order valence-corrected chi connectivity index (χ0v) is 13.4. The monoisotopic (exact) mass is 375 g/mol. The van der Waals surface area contributed by atoms with Gasteiger partial charge in [0.1, 0.15) is 21.5 Å². The smallest absolute Gasteiger partial charge is 0.147 e. The van der Waals surface area contributed by atoms with Crippen molar-refractivity contribution in [1.82, 2.24) is 0 Å². The highest BCUT2D eigenvalue weighted by molar-refractivity contribution is 9.10. The lowest BCUT2D eigenvalue weighted by molar-refractivity contribution is 0.481. The molecule has 98 valence electrons. The van der Waals surface area contributed by atoms with Crippen molar-refractivity contribution in [3.05, 3.63) is 56.5 Å². The maximum absolute atomic E-state index is 6.08. The summed E-state index contributed by atoms with van der Waals surface area (Å²) in [5, 5.41) is 0.768. The van der Waals surface area contributed by atoms with E-state index in [1.807, 2.05) is 6.07 Å². The molecular formula is C13H8BrCl2NOS. The number of nitrogens with two attached hydrogens (primary N) is 1. The molecule has 2 nitrogen and oxygen atoms in total. The quantitative estimate of drug-likeness (QED) is 0.749. The Kier molecular flexibility index (Phi) is 4.68. The maximum Gasteiger partial charge on any atom is 0.147 e. The molecule has 0 amide bonds. The molecule has 0 radical (unpaired) electrons. The molecule has 6 heteroatoms. The molecule has 0 aromatic heterocycles. The van der Waals surface area contributed by atoms with Gasteiger partial charge in [-0.05, 0) is 30.3 Å². The second kappa shape index (κ2) is 6.09. The summed E-state index contributed by atoms with van der Waals surface area (Å²) < 4.78 is 6.60. The Balaban J connectivity index is 2.45. The summed E-state index contributed by atoms with van der Waals surface area (Å²) in [6.45, 7) is 0. The van der Waals surface area contributed by atoms with Crippen LogP contribution in [0.1, 0.15) is 5.56 Å². The Morgan fingerprint density at radius 3 is 2.58 bits per heavy atom. The molecule has 0 fully saturated rings. The van der Waals surface area contributed by atoms with Crippen molar-refractivity contribution in [2.24, 2.45) is 5.73 Å². The number of thiocarbonyl (C=S) groups is 1. The lowest BCUT2D eigenvalue weighted by Gasteiger charge is -2.12. The van der Waals surface area contributed by atoms with Gasteiger partial charge in [-0.1, -0.05) is 57.4 Å². The average Bonchev–Trinajstić information content (AvgIpc) is 2.35. The first-order valence-corrected chi connectivity index (χ1v) is 7.16. The van der Waals surface area contributed by atoms with E-state index in [0.717, 1.165) is 4.47 Å². The molecule has 0 saturated carbocycles. The van der Waals surface area contributed by atoms with Crippen molar-refractivity contribution in [3.63, 3.8) is 0 Å². The van der Waals surface area contributed by atoms with Gasteiger partial charge in [0.15, 0.2) is 0 Å². The van der Waals surface area contributed by atoms with Crippen LogP contribution in [0, 0.1) is 0 Å². The van der Waals surface area contributed by atoms with Crippen LogP contribution in [0.5, 0.6) is 11.5 Å². The Morgan fingerprint density at radius 2 is 1.89 bits per heavy atom. The first-order valence-electron chi connectivity index (χ1n) is 5.20. The molecule has 19 heavy (non-hydrogen) atoms. The molecule has 2 aromatic carbocycles. The van der Waals surface area contributed by atoms with Gasteiger partial charge >= 0.3 is 0 Å². The highest BCUT2D eigenvalue weighted by Crippen LogP contribution is 2.36. The summed E-state index contributed by atoms with van der Waals surface area (Å²) in [5.74, 6) is 0.968. The van der Waals surface area contributed by atoms with Gasteiger partial charge in [0.25, 0.3) is 0 Å². The number of hydrogen-bond acceptors (Lipinski definition) is 2. The Morgan fingerprint density at radius 1 is 1.16 bits per heavy atom. The first-order chi connectivity index (χ1) is 8.99. The third-order valence-corrected chi connectivity index (χ3v) is 3.86. The van der Waals surface area contributed by atoms with Gasteiger partial charge in [-0.2, -0.15) is 0 Å². The van der Waals surface area contributed by atoms with E-state index in [1.54, 1.807) is 30.3 Å². The van der Waals surface area contributed by atoms with Gasteiger partial charge in [-0.15, -0.1) is 0 Å². The molecule has 0 unspecified atom stereocenters. The lowest BCUT2D eigenvalue weighted by atomic mass is 10.2. The van der Waals surface area contributed by atoms with Crippen LogP contribution in [0.25, 0.3) is 0 Å². The number of halogens is 3. The standard InChI is InChI=1S/C13H8BrCl2NOS/c14-7-4-5-8(13(17)19)11(6-7)18-10-3-1-2-9(15)12(10)16/h1-6H,(H2,17,19). The topological polar surface area (TPSA) is 35.2 Å². The van der Waals surface area contributed by atoms with Gasteiger partial charge in [0.05, 0.1) is 10.6 Å². The fourth-order valence-corrected chi connectivity index (χ4v) is 2.30. The van der Waals surface area contributed by atoms with Gasteiger partial charge in [-0.25, -0.2) is 0 Å². The summed E-state index contributed by atoms with van der Waals surface area (Å²) >= 11 is 20.4. The second-order valence-corrected chi connectivity index (χ2v) is 5.80. The maximum atomic E-state index is 6.08. The van der Waals surface area contributed by atoms with Crippen molar-refractivity contribution in [3.8, 4) is 11.5 Å². The van der Waals surface area contributed by atoms with Crippen LogP contribution in [-0.2, 0) is 0 Å². The summed E-state index contributed by atoms with van der Waals surface area (Å²) in [5.41, 5.74) is 6.30.